The first kappa shape index (κ1) is 13.2. The van der Waals surface area contributed by atoms with Crippen molar-refractivity contribution in [2.24, 2.45) is 0 Å². The quantitative estimate of drug-likeness (QED) is 0.804. The lowest BCUT2D eigenvalue weighted by atomic mass is 9.97. The van der Waals surface area contributed by atoms with Gasteiger partial charge in [-0.3, -0.25) is 0 Å². The molecule has 1 aliphatic rings. The molecule has 0 radical (unpaired) electrons. The van der Waals surface area contributed by atoms with Gasteiger partial charge in [0.1, 0.15) is 6.10 Å². The van der Waals surface area contributed by atoms with Crippen molar-refractivity contribution >= 4 is 5.69 Å². The average molecular weight is 261 g/mol. The van der Waals surface area contributed by atoms with Gasteiger partial charge in [0, 0.05) is 17.9 Å². The van der Waals surface area contributed by atoms with Crippen LogP contribution in [0.25, 0.3) is 0 Å². The van der Waals surface area contributed by atoms with E-state index in [-0.39, 0.29) is 5.56 Å². The molecule has 2 rings (SSSR count). The van der Waals surface area contributed by atoms with Crippen molar-refractivity contribution < 1.29 is 23.0 Å². The van der Waals surface area contributed by atoms with Crippen molar-refractivity contribution in [3.05, 3.63) is 29.3 Å². The number of nitrogens with two attached hydrogens (primary N) is 1. The minimum absolute atomic E-state index is 0.0803. The Balaban J connectivity index is 2.33. The van der Waals surface area contributed by atoms with Gasteiger partial charge in [-0.2, -0.15) is 13.2 Å². The van der Waals surface area contributed by atoms with Crippen LogP contribution in [0, 0.1) is 0 Å². The van der Waals surface area contributed by atoms with E-state index < -0.39 is 29.6 Å². The maximum atomic E-state index is 12.7. The maximum absolute atomic E-state index is 12.7. The second-order valence-corrected chi connectivity index (χ2v) is 4.30. The fourth-order valence-corrected chi connectivity index (χ4v) is 2.14. The Bertz CT molecular complexity index is 428. The van der Waals surface area contributed by atoms with Crippen LogP contribution in [-0.4, -0.2) is 17.8 Å². The Hall–Kier alpha value is -1.27. The first-order valence-electron chi connectivity index (χ1n) is 5.66. The summed E-state index contributed by atoms with van der Waals surface area (Å²) in [5.74, 6) is 0. The van der Waals surface area contributed by atoms with Crippen LogP contribution in [0.1, 0.15) is 30.1 Å². The Morgan fingerprint density at radius 2 is 2.11 bits per heavy atom. The van der Waals surface area contributed by atoms with E-state index in [1.165, 1.54) is 12.1 Å². The Morgan fingerprint density at radius 1 is 1.39 bits per heavy atom. The molecule has 18 heavy (non-hydrogen) atoms. The Labute approximate surface area is 102 Å². The number of para-hydroxylation sites is 1. The van der Waals surface area contributed by atoms with Crippen molar-refractivity contribution in [3.63, 3.8) is 0 Å². The van der Waals surface area contributed by atoms with Crippen LogP contribution in [0.2, 0.25) is 0 Å². The second-order valence-electron chi connectivity index (χ2n) is 4.30. The summed E-state index contributed by atoms with van der Waals surface area (Å²) in [5, 5.41) is 10.0. The van der Waals surface area contributed by atoms with Crippen molar-refractivity contribution in [1.82, 2.24) is 0 Å². The van der Waals surface area contributed by atoms with Gasteiger partial charge >= 0.3 is 6.18 Å². The first-order valence-corrected chi connectivity index (χ1v) is 5.66. The van der Waals surface area contributed by atoms with Gasteiger partial charge in [-0.25, -0.2) is 0 Å². The summed E-state index contributed by atoms with van der Waals surface area (Å²) < 4.78 is 43.3. The highest BCUT2D eigenvalue weighted by atomic mass is 19.4. The molecule has 1 aliphatic heterocycles. The van der Waals surface area contributed by atoms with Crippen molar-refractivity contribution in [3.8, 4) is 0 Å². The smallest absolute Gasteiger partial charge is 0.398 e. The van der Waals surface area contributed by atoms with E-state index in [2.05, 4.69) is 0 Å². The zero-order valence-electron chi connectivity index (χ0n) is 9.57. The summed E-state index contributed by atoms with van der Waals surface area (Å²) in [5.41, 5.74) is 4.24. The molecule has 1 fully saturated rings. The predicted molar refractivity (Wildman–Crippen MR) is 59.8 cm³/mol. The molecule has 2 atom stereocenters. The number of ether oxygens (including phenoxy) is 1. The third-order valence-corrected chi connectivity index (χ3v) is 3.08. The van der Waals surface area contributed by atoms with Gasteiger partial charge in [0.2, 0.25) is 0 Å². The lowest BCUT2D eigenvalue weighted by molar-refractivity contribution is -0.137. The standard InChI is InChI=1S/C12H14F3NO2/c13-12(14,15)8-4-1-3-7(10(8)16)11(17)9-5-2-6-18-9/h1,3-4,9,11,17H,2,5-6,16H2. The fraction of sp³-hybridized carbons (Fsp3) is 0.500. The molecule has 0 aliphatic carbocycles. The summed E-state index contributed by atoms with van der Waals surface area (Å²) in [6.45, 7) is 0.514. The molecule has 3 nitrogen and oxygen atoms in total. The number of alkyl halides is 3. The molecule has 1 saturated heterocycles. The molecule has 3 N–H and O–H groups in total. The third kappa shape index (κ3) is 2.44. The summed E-state index contributed by atoms with van der Waals surface area (Å²) in [7, 11) is 0. The molecule has 1 aromatic carbocycles. The molecule has 1 aromatic rings. The van der Waals surface area contributed by atoms with E-state index in [9.17, 15) is 18.3 Å². The van der Waals surface area contributed by atoms with Gasteiger partial charge in [0.25, 0.3) is 0 Å². The van der Waals surface area contributed by atoms with E-state index in [0.717, 1.165) is 12.5 Å². The normalized spacial score (nSPS) is 22.1. The number of benzene rings is 1. The van der Waals surface area contributed by atoms with E-state index in [4.69, 9.17) is 10.5 Å². The zero-order chi connectivity index (χ0) is 13.3. The number of rotatable bonds is 2. The van der Waals surface area contributed by atoms with Crippen molar-refractivity contribution in [1.29, 1.82) is 0 Å². The van der Waals surface area contributed by atoms with Crippen LogP contribution in [-0.2, 0) is 10.9 Å². The summed E-state index contributed by atoms with van der Waals surface area (Å²) >= 11 is 0. The third-order valence-electron chi connectivity index (χ3n) is 3.08. The van der Waals surface area contributed by atoms with Gasteiger partial charge in [-0.1, -0.05) is 12.1 Å². The van der Waals surface area contributed by atoms with E-state index >= 15 is 0 Å². The van der Waals surface area contributed by atoms with Gasteiger partial charge < -0.3 is 15.6 Å². The molecule has 0 bridgehead atoms. The number of aliphatic hydroxyl groups excluding tert-OH is 1. The van der Waals surface area contributed by atoms with Gasteiger partial charge in [0.05, 0.1) is 11.7 Å². The van der Waals surface area contributed by atoms with Crippen LogP contribution in [0.15, 0.2) is 18.2 Å². The molecule has 1 heterocycles. The summed E-state index contributed by atoms with van der Waals surface area (Å²) in [4.78, 5) is 0. The molecule has 2 unspecified atom stereocenters. The number of hydrogen-bond acceptors (Lipinski definition) is 3. The van der Waals surface area contributed by atoms with Crippen LogP contribution in [0.5, 0.6) is 0 Å². The number of halogens is 3. The molecular weight excluding hydrogens is 247 g/mol. The molecule has 0 amide bonds. The minimum atomic E-state index is -4.52. The molecule has 0 spiro atoms. The Morgan fingerprint density at radius 3 is 2.67 bits per heavy atom. The first-order chi connectivity index (χ1) is 8.41. The van der Waals surface area contributed by atoms with Crippen LogP contribution < -0.4 is 5.73 Å². The summed E-state index contributed by atoms with van der Waals surface area (Å²) in [6.07, 6.45) is -4.70. The average Bonchev–Trinajstić information content (AvgIpc) is 2.80. The lowest BCUT2D eigenvalue weighted by Crippen LogP contribution is -2.20. The lowest BCUT2D eigenvalue weighted by Gasteiger charge is -2.21. The maximum Gasteiger partial charge on any atom is 0.418 e. The highest BCUT2D eigenvalue weighted by Crippen LogP contribution is 2.38. The Kier molecular flexibility index (Phi) is 3.49. The fourth-order valence-electron chi connectivity index (χ4n) is 2.14. The molecule has 0 saturated carbocycles. The number of aliphatic hydroxyl groups is 1. The van der Waals surface area contributed by atoms with Crippen molar-refractivity contribution in [2.75, 3.05) is 12.3 Å². The van der Waals surface area contributed by atoms with E-state index in [1.807, 2.05) is 0 Å². The highest BCUT2D eigenvalue weighted by Gasteiger charge is 2.35. The monoisotopic (exact) mass is 261 g/mol. The predicted octanol–water partition coefficient (Wildman–Crippen LogP) is 2.50. The molecule has 6 heteroatoms. The molecule has 100 valence electrons. The topological polar surface area (TPSA) is 55.5 Å². The van der Waals surface area contributed by atoms with Crippen LogP contribution in [0.3, 0.4) is 0 Å². The minimum Gasteiger partial charge on any atom is -0.398 e. The number of anilines is 1. The highest BCUT2D eigenvalue weighted by molar-refractivity contribution is 5.56. The molecular formula is C12H14F3NO2. The van der Waals surface area contributed by atoms with Gasteiger partial charge in [-0.05, 0) is 18.9 Å². The summed E-state index contributed by atoms with van der Waals surface area (Å²) in [6, 6.07) is 3.55. The number of nitrogen functional groups attached to an aromatic ring is 1. The van der Waals surface area contributed by atoms with E-state index in [1.54, 1.807) is 0 Å². The van der Waals surface area contributed by atoms with Gasteiger partial charge in [0.15, 0.2) is 0 Å². The zero-order valence-corrected chi connectivity index (χ0v) is 9.57. The molecule has 0 aromatic heterocycles. The van der Waals surface area contributed by atoms with E-state index in [0.29, 0.717) is 13.0 Å². The largest absolute Gasteiger partial charge is 0.418 e. The SMILES string of the molecule is Nc1c(C(O)C2CCCO2)cccc1C(F)(F)F. The second kappa shape index (κ2) is 4.78. The van der Waals surface area contributed by atoms with Gasteiger partial charge in [-0.15, -0.1) is 0 Å². The van der Waals surface area contributed by atoms with Crippen LogP contribution >= 0.6 is 0 Å². The van der Waals surface area contributed by atoms with Crippen LogP contribution in [0.4, 0.5) is 18.9 Å². The number of hydrogen-bond donors (Lipinski definition) is 2. The van der Waals surface area contributed by atoms with Crippen molar-refractivity contribution in [2.45, 2.75) is 31.2 Å².